The molecule has 1 aliphatic heterocycles. The van der Waals surface area contributed by atoms with Crippen LogP contribution in [0.4, 0.5) is 5.82 Å². The third-order valence-corrected chi connectivity index (χ3v) is 4.12. The van der Waals surface area contributed by atoms with Gasteiger partial charge in [0, 0.05) is 31.2 Å². The highest BCUT2D eigenvalue weighted by atomic mass is 16.5. The van der Waals surface area contributed by atoms with E-state index in [0.717, 1.165) is 42.1 Å². The molecule has 5 heteroatoms. The first-order valence-electron chi connectivity index (χ1n) is 7.81. The van der Waals surface area contributed by atoms with Gasteiger partial charge < -0.3 is 9.64 Å². The summed E-state index contributed by atoms with van der Waals surface area (Å²) in [4.78, 5) is 10.8. The van der Waals surface area contributed by atoms with Gasteiger partial charge in [0.2, 0.25) is 0 Å². The van der Waals surface area contributed by atoms with E-state index in [1.54, 1.807) is 12.4 Å². The molecule has 1 aliphatic rings. The van der Waals surface area contributed by atoms with Crippen LogP contribution in [0.15, 0.2) is 30.6 Å². The summed E-state index contributed by atoms with van der Waals surface area (Å²) < 4.78 is 5.99. The number of nitriles is 1. The zero-order valence-corrected chi connectivity index (χ0v) is 13.5. The maximum atomic E-state index is 9.41. The van der Waals surface area contributed by atoms with Gasteiger partial charge in [0.1, 0.15) is 11.9 Å². The van der Waals surface area contributed by atoms with Gasteiger partial charge in [-0.2, -0.15) is 5.26 Å². The smallest absolute Gasteiger partial charge is 0.147 e. The maximum Gasteiger partial charge on any atom is 0.147 e. The van der Waals surface area contributed by atoms with Gasteiger partial charge in [-0.05, 0) is 49.6 Å². The highest BCUT2D eigenvalue weighted by molar-refractivity contribution is 5.58. The molecule has 0 N–H and O–H groups in total. The third-order valence-electron chi connectivity index (χ3n) is 4.12. The van der Waals surface area contributed by atoms with E-state index < -0.39 is 0 Å². The number of pyridine rings is 2. The van der Waals surface area contributed by atoms with Crippen molar-refractivity contribution < 1.29 is 4.74 Å². The van der Waals surface area contributed by atoms with E-state index in [4.69, 9.17) is 4.74 Å². The van der Waals surface area contributed by atoms with Crippen molar-refractivity contribution in [2.24, 2.45) is 0 Å². The molecule has 1 unspecified atom stereocenters. The molecule has 2 aromatic heterocycles. The van der Waals surface area contributed by atoms with Crippen molar-refractivity contribution in [3.8, 4) is 6.07 Å². The lowest BCUT2D eigenvalue weighted by Gasteiger charge is -2.20. The van der Waals surface area contributed by atoms with Crippen molar-refractivity contribution in [3.05, 3.63) is 53.0 Å². The fraction of sp³-hybridized carbons (Fsp3) is 0.389. The molecule has 0 aliphatic carbocycles. The Morgan fingerprint density at radius 2 is 2.13 bits per heavy atom. The molecule has 1 atom stereocenters. The zero-order valence-electron chi connectivity index (χ0n) is 13.5. The molecule has 0 aromatic carbocycles. The summed E-state index contributed by atoms with van der Waals surface area (Å²) in [7, 11) is 0. The number of hydrogen-bond donors (Lipinski definition) is 0. The highest BCUT2D eigenvalue weighted by Gasteiger charge is 2.26. The Kier molecular flexibility index (Phi) is 4.54. The number of aromatic nitrogens is 2. The molecule has 0 radical (unpaired) electrons. The van der Waals surface area contributed by atoms with Gasteiger partial charge in [-0.25, -0.2) is 4.98 Å². The van der Waals surface area contributed by atoms with Crippen LogP contribution < -0.4 is 4.90 Å². The predicted octanol–water partition coefficient (Wildman–Crippen LogP) is 2.76. The number of hydrogen-bond acceptors (Lipinski definition) is 5. The minimum absolute atomic E-state index is 0.164. The summed E-state index contributed by atoms with van der Waals surface area (Å²) in [6.45, 7) is 6.16. The van der Waals surface area contributed by atoms with Crippen LogP contribution >= 0.6 is 0 Å². The van der Waals surface area contributed by atoms with Crippen LogP contribution in [0.5, 0.6) is 0 Å². The Hall–Kier alpha value is -2.45. The van der Waals surface area contributed by atoms with Crippen molar-refractivity contribution in [2.75, 3.05) is 18.0 Å². The van der Waals surface area contributed by atoms with E-state index in [9.17, 15) is 5.26 Å². The molecule has 0 saturated carbocycles. The average Bonchev–Trinajstić information content (AvgIpc) is 3.02. The molecular formula is C18H20N4O. The summed E-state index contributed by atoms with van der Waals surface area (Å²) in [6, 6.07) is 8.17. The maximum absolute atomic E-state index is 9.41. The van der Waals surface area contributed by atoms with E-state index in [-0.39, 0.29) is 6.10 Å². The van der Waals surface area contributed by atoms with Crippen LogP contribution in [-0.2, 0) is 11.3 Å². The van der Waals surface area contributed by atoms with Gasteiger partial charge in [0.15, 0.2) is 0 Å². The van der Waals surface area contributed by atoms with Crippen molar-refractivity contribution in [1.82, 2.24) is 9.97 Å². The average molecular weight is 308 g/mol. The summed E-state index contributed by atoms with van der Waals surface area (Å²) in [6.07, 6.45) is 4.67. The molecule has 1 fully saturated rings. The first kappa shape index (κ1) is 15.4. The van der Waals surface area contributed by atoms with Crippen LogP contribution in [0.3, 0.4) is 0 Å². The fourth-order valence-corrected chi connectivity index (χ4v) is 2.93. The van der Waals surface area contributed by atoms with Crippen LogP contribution in [0, 0.1) is 25.2 Å². The van der Waals surface area contributed by atoms with E-state index >= 15 is 0 Å². The SMILES string of the molecule is Cc1cc(C)c(C#N)c(N2CCC(OCc3ccncc3)C2)n1. The van der Waals surface area contributed by atoms with Crippen LogP contribution in [0.1, 0.15) is 28.8 Å². The van der Waals surface area contributed by atoms with Crippen molar-refractivity contribution >= 4 is 5.82 Å². The molecule has 1 saturated heterocycles. The van der Waals surface area contributed by atoms with E-state index in [2.05, 4.69) is 20.9 Å². The third kappa shape index (κ3) is 3.49. The summed E-state index contributed by atoms with van der Waals surface area (Å²) in [5.74, 6) is 0.792. The second-order valence-corrected chi connectivity index (χ2v) is 5.91. The Labute approximate surface area is 136 Å². The Bertz CT molecular complexity index is 724. The van der Waals surface area contributed by atoms with Crippen molar-refractivity contribution in [2.45, 2.75) is 33.0 Å². The predicted molar refractivity (Wildman–Crippen MR) is 88.1 cm³/mol. The van der Waals surface area contributed by atoms with Gasteiger partial charge in [0.05, 0.1) is 18.3 Å². The molecule has 3 rings (SSSR count). The molecule has 0 amide bonds. The van der Waals surface area contributed by atoms with Gasteiger partial charge in [-0.1, -0.05) is 0 Å². The van der Waals surface area contributed by atoms with Crippen LogP contribution in [0.2, 0.25) is 0 Å². The minimum atomic E-state index is 0.164. The number of aryl methyl sites for hydroxylation is 2. The lowest BCUT2D eigenvalue weighted by atomic mass is 10.1. The van der Waals surface area contributed by atoms with Crippen LogP contribution in [-0.4, -0.2) is 29.2 Å². The topological polar surface area (TPSA) is 62.0 Å². The molecule has 5 nitrogen and oxygen atoms in total. The molecule has 2 aromatic rings. The quantitative estimate of drug-likeness (QED) is 0.869. The Balaban J connectivity index is 1.67. The summed E-state index contributed by atoms with van der Waals surface area (Å²) in [5, 5.41) is 9.41. The van der Waals surface area contributed by atoms with Crippen molar-refractivity contribution in [3.63, 3.8) is 0 Å². The standard InChI is InChI=1S/C18H20N4O/c1-13-9-14(2)21-18(17(13)10-19)22-8-5-16(11-22)23-12-15-3-6-20-7-4-15/h3-4,6-7,9,16H,5,8,11-12H2,1-2H3. The summed E-state index contributed by atoms with van der Waals surface area (Å²) in [5.41, 5.74) is 3.72. The number of anilines is 1. The largest absolute Gasteiger partial charge is 0.372 e. The Morgan fingerprint density at radius 1 is 1.35 bits per heavy atom. The zero-order chi connectivity index (χ0) is 16.2. The van der Waals surface area contributed by atoms with Crippen LogP contribution in [0.25, 0.3) is 0 Å². The lowest BCUT2D eigenvalue weighted by molar-refractivity contribution is 0.0553. The monoisotopic (exact) mass is 308 g/mol. The number of nitrogens with zero attached hydrogens (tertiary/aromatic N) is 4. The van der Waals surface area contributed by atoms with Gasteiger partial charge in [-0.15, -0.1) is 0 Å². The summed E-state index contributed by atoms with van der Waals surface area (Å²) >= 11 is 0. The van der Waals surface area contributed by atoms with E-state index in [1.807, 2.05) is 32.0 Å². The lowest BCUT2D eigenvalue weighted by Crippen LogP contribution is -2.25. The molecule has 118 valence electrons. The molecule has 3 heterocycles. The molecule has 23 heavy (non-hydrogen) atoms. The second kappa shape index (κ2) is 6.76. The van der Waals surface area contributed by atoms with Gasteiger partial charge in [-0.3, -0.25) is 4.98 Å². The first-order chi connectivity index (χ1) is 11.2. The van der Waals surface area contributed by atoms with Crippen molar-refractivity contribution in [1.29, 1.82) is 5.26 Å². The number of ether oxygens (including phenoxy) is 1. The van der Waals surface area contributed by atoms with Gasteiger partial charge >= 0.3 is 0 Å². The minimum Gasteiger partial charge on any atom is -0.372 e. The molecule has 0 spiro atoms. The fourth-order valence-electron chi connectivity index (χ4n) is 2.93. The second-order valence-electron chi connectivity index (χ2n) is 5.91. The first-order valence-corrected chi connectivity index (χ1v) is 7.81. The number of rotatable bonds is 4. The molecule has 0 bridgehead atoms. The van der Waals surface area contributed by atoms with Gasteiger partial charge in [0.25, 0.3) is 0 Å². The Morgan fingerprint density at radius 3 is 2.87 bits per heavy atom. The highest BCUT2D eigenvalue weighted by Crippen LogP contribution is 2.26. The molecular weight excluding hydrogens is 288 g/mol. The van der Waals surface area contributed by atoms with E-state index in [0.29, 0.717) is 12.2 Å². The van der Waals surface area contributed by atoms with E-state index in [1.165, 1.54) is 0 Å². The normalized spacial score (nSPS) is 17.3.